The van der Waals surface area contributed by atoms with Crippen molar-refractivity contribution in [2.75, 3.05) is 20.8 Å². The number of hydrogen-bond donors (Lipinski definition) is 2. The molecule has 112 valence electrons. The van der Waals surface area contributed by atoms with Crippen molar-refractivity contribution in [3.63, 3.8) is 0 Å². The maximum Gasteiger partial charge on any atom is 0.161 e. The van der Waals surface area contributed by atoms with Crippen LogP contribution in [0, 0.1) is 0 Å². The van der Waals surface area contributed by atoms with Crippen LogP contribution in [-0.2, 0) is 6.42 Å². The molecule has 4 heteroatoms. The molecule has 1 unspecified atom stereocenters. The van der Waals surface area contributed by atoms with E-state index >= 15 is 0 Å². The van der Waals surface area contributed by atoms with E-state index in [1.807, 2.05) is 0 Å². The molecule has 0 radical (unpaired) electrons. The highest BCUT2D eigenvalue weighted by atomic mass is 16.5. The SMILES string of the molecule is COc1cc2c(cc1OC)C(CCCO)NC(C)(C)C2. The van der Waals surface area contributed by atoms with Gasteiger partial charge < -0.3 is 19.9 Å². The third-order valence-electron chi connectivity index (χ3n) is 3.87. The molecule has 0 saturated heterocycles. The van der Waals surface area contributed by atoms with Gasteiger partial charge in [-0.05, 0) is 56.4 Å². The molecular weight excluding hydrogens is 254 g/mol. The van der Waals surface area contributed by atoms with Crippen LogP contribution in [0.3, 0.4) is 0 Å². The molecular formula is C16H25NO3. The summed E-state index contributed by atoms with van der Waals surface area (Å²) >= 11 is 0. The van der Waals surface area contributed by atoms with Crippen LogP contribution in [0.1, 0.15) is 43.9 Å². The number of benzene rings is 1. The van der Waals surface area contributed by atoms with Gasteiger partial charge in [0, 0.05) is 18.2 Å². The molecule has 1 aromatic rings. The van der Waals surface area contributed by atoms with Gasteiger partial charge in [0.05, 0.1) is 14.2 Å². The Labute approximate surface area is 121 Å². The number of methoxy groups -OCH3 is 2. The molecule has 0 aromatic heterocycles. The first-order chi connectivity index (χ1) is 9.50. The van der Waals surface area contributed by atoms with Gasteiger partial charge in [-0.25, -0.2) is 0 Å². The topological polar surface area (TPSA) is 50.7 Å². The molecule has 2 N–H and O–H groups in total. The van der Waals surface area contributed by atoms with E-state index in [9.17, 15) is 0 Å². The highest BCUT2D eigenvalue weighted by Crippen LogP contribution is 2.39. The fourth-order valence-corrected chi connectivity index (χ4v) is 3.01. The summed E-state index contributed by atoms with van der Waals surface area (Å²) in [6, 6.07) is 4.40. The van der Waals surface area contributed by atoms with Crippen molar-refractivity contribution < 1.29 is 14.6 Å². The Balaban J connectivity index is 2.41. The predicted octanol–water partition coefficient (Wildman–Crippen LogP) is 2.44. The van der Waals surface area contributed by atoms with E-state index < -0.39 is 0 Å². The second-order valence-corrected chi connectivity index (χ2v) is 6.03. The maximum absolute atomic E-state index is 9.09. The van der Waals surface area contributed by atoms with Crippen molar-refractivity contribution in [3.05, 3.63) is 23.3 Å². The molecule has 20 heavy (non-hydrogen) atoms. The summed E-state index contributed by atoms with van der Waals surface area (Å²) in [5.74, 6) is 1.55. The van der Waals surface area contributed by atoms with Crippen molar-refractivity contribution in [1.29, 1.82) is 0 Å². The van der Waals surface area contributed by atoms with E-state index in [2.05, 4.69) is 31.3 Å². The summed E-state index contributed by atoms with van der Waals surface area (Å²) in [5, 5.41) is 12.8. The lowest BCUT2D eigenvalue weighted by atomic mass is 9.82. The van der Waals surface area contributed by atoms with Crippen molar-refractivity contribution in [1.82, 2.24) is 5.32 Å². The average molecular weight is 279 g/mol. The number of ether oxygens (including phenoxy) is 2. The summed E-state index contributed by atoms with van der Waals surface area (Å²) < 4.78 is 10.8. The molecule has 0 saturated carbocycles. The third kappa shape index (κ3) is 3.07. The van der Waals surface area contributed by atoms with Crippen LogP contribution in [0.15, 0.2) is 12.1 Å². The molecule has 0 fully saturated rings. The number of nitrogens with one attached hydrogen (secondary N) is 1. The Hall–Kier alpha value is -1.26. The lowest BCUT2D eigenvalue weighted by Crippen LogP contribution is -2.47. The molecule has 1 aliphatic rings. The lowest BCUT2D eigenvalue weighted by Gasteiger charge is -2.39. The number of hydrogen-bond acceptors (Lipinski definition) is 4. The first kappa shape index (κ1) is 15.1. The number of aliphatic hydroxyl groups excluding tert-OH is 1. The van der Waals surface area contributed by atoms with E-state index in [4.69, 9.17) is 14.6 Å². The molecule has 1 aromatic carbocycles. The van der Waals surface area contributed by atoms with Gasteiger partial charge in [0.25, 0.3) is 0 Å². The summed E-state index contributed by atoms with van der Waals surface area (Å²) in [6.07, 6.45) is 2.67. The number of fused-ring (bicyclic) bond motifs is 1. The molecule has 4 nitrogen and oxygen atoms in total. The third-order valence-corrected chi connectivity index (χ3v) is 3.87. The number of aliphatic hydroxyl groups is 1. The first-order valence-electron chi connectivity index (χ1n) is 7.14. The van der Waals surface area contributed by atoms with Gasteiger partial charge >= 0.3 is 0 Å². The molecule has 0 amide bonds. The smallest absolute Gasteiger partial charge is 0.161 e. The average Bonchev–Trinajstić information content (AvgIpc) is 2.42. The molecule has 0 aliphatic carbocycles. The van der Waals surface area contributed by atoms with Crippen molar-refractivity contribution in [3.8, 4) is 11.5 Å². The van der Waals surface area contributed by atoms with Gasteiger partial charge in [0.15, 0.2) is 11.5 Å². The summed E-state index contributed by atoms with van der Waals surface area (Å²) in [6.45, 7) is 4.64. The van der Waals surface area contributed by atoms with E-state index in [1.54, 1.807) is 14.2 Å². The second kappa shape index (κ2) is 6.02. The normalized spacial score (nSPS) is 20.4. The zero-order valence-electron chi connectivity index (χ0n) is 12.8. The van der Waals surface area contributed by atoms with E-state index in [0.29, 0.717) is 0 Å². The van der Waals surface area contributed by atoms with Gasteiger partial charge in [-0.3, -0.25) is 0 Å². The Kier molecular flexibility index (Phi) is 4.55. The number of rotatable bonds is 5. The minimum atomic E-state index is 0.0483. The molecule has 1 aliphatic heterocycles. The lowest BCUT2D eigenvalue weighted by molar-refractivity contribution is 0.250. The van der Waals surface area contributed by atoms with Gasteiger partial charge in [-0.15, -0.1) is 0 Å². The van der Waals surface area contributed by atoms with Crippen LogP contribution in [0.2, 0.25) is 0 Å². The fraction of sp³-hybridized carbons (Fsp3) is 0.625. The molecule has 1 atom stereocenters. The zero-order valence-corrected chi connectivity index (χ0v) is 12.8. The van der Waals surface area contributed by atoms with Gasteiger partial charge in [0.1, 0.15) is 0 Å². The minimum Gasteiger partial charge on any atom is -0.493 e. The molecule has 1 heterocycles. The van der Waals surface area contributed by atoms with Gasteiger partial charge in [0.2, 0.25) is 0 Å². The standard InChI is InChI=1S/C16H25NO3/c1-16(2)10-11-8-14(19-3)15(20-4)9-12(11)13(17-16)6-5-7-18/h8-9,13,17-18H,5-7,10H2,1-4H3. The van der Waals surface area contributed by atoms with Crippen LogP contribution in [0.5, 0.6) is 11.5 Å². The fourth-order valence-electron chi connectivity index (χ4n) is 3.01. The van der Waals surface area contributed by atoms with Crippen LogP contribution in [0.4, 0.5) is 0 Å². The minimum absolute atomic E-state index is 0.0483. The maximum atomic E-state index is 9.09. The first-order valence-corrected chi connectivity index (χ1v) is 7.14. The van der Waals surface area contributed by atoms with Crippen molar-refractivity contribution >= 4 is 0 Å². The Morgan fingerprint density at radius 1 is 1.25 bits per heavy atom. The quantitative estimate of drug-likeness (QED) is 0.869. The van der Waals surface area contributed by atoms with Crippen molar-refractivity contribution in [2.45, 2.75) is 44.7 Å². The Morgan fingerprint density at radius 2 is 1.90 bits per heavy atom. The van der Waals surface area contributed by atoms with Gasteiger partial charge in [-0.1, -0.05) is 0 Å². The second-order valence-electron chi connectivity index (χ2n) is 6.03. The molecule has 0 spiro atoms. The van der Waals surface area contributed by atoms with Crippen LogP contribution in [-0.4, -0.2) is 31.5 Å². The molecule has 2 rings (SSSR count). The van der Waals surface area contributed by atoms with Crippen LogP contribution >= 0.6 is 0 Å². The van der Waals surface area contributed by atoms with Crippen LogP contribution < -0.4 is 14.8 Å². The highest BCUT2D eigenvalue weighted by Gasteiger charge is 2.32. The largest absolute Gasteiger partial charge is 0.493 e. The van der Waals surface area contributed by atoms with E-state index in [-0.39, 0.29) is 18.2 Å². The van der Waals surface area contributed by atoms with Gasteiger partial charge in [-0.2, -0.15) is 0 Å². The predicted molar refractivity (Wildman–Crippen MR) is 79.5 cm³/mol. The van der Waals surface area contributed by atoms with Crippen LogP contribution in [0.25, 0.3) is 0 Å². The summed E-state index contributed by atoms with van der Waals surface area (Å²) in [7, 11) is 3.33. The molecule has 0 bridgehead atoms. The van der Waals surface area contributed by atoms with E-state index in [0.717, 1.165) is 30.8 Å². The monoisotopic (exact) mass is 279 g/mol. The Bertz CT molecular complexity index is 471. The summed E-state index contributed by atoms with van der Waals surface area (Å²) in [4.78, 5) is 0. The highest BCUT2D eigenvalue weighted by molar-refractivity contribution is 5.50. The van der Waals surface area contributed by atoms with E-state index in [1.165, 1.54) is 11.1 Å². The zero-order chi connectivity index (χ0) is 14.8. The Morgan fingerprint density at radius 3 is 2.50 bits per heavy atom. The van der Waals surface area contributed by atoms with Crippen molar-refractivity contribution in [2.24, 2.45) is 0 Å². The summed E-state index contributed by atoms with van der Waals surface area (Å²) in [5.41, 5.74) is 2.61.